The van der Waals surface area contributed by atoms with Crippen LogP contribution in [-0.2, 0) is 0 Å². The summed E-state index contributed by atoms with van der Waals surface area (Å²) in [5, 5.41) is 13.0. The molecule has 26 heavy (non-hydrogen) atoms. The summed E-state index contributed by atoms with van der Waals surface area (Å²) < 4.78 is 0. The number of amides is 1. The Morgan fingerprint density at radius 2 is 1.92 bits per heavy atom. The van der Waals surface area contributed by atoms with Crippen molar-refractivity contribution in [3.8, 4) is 11.4 Å². The highest BCUT2D eigenvalue weighted by Gasteiger charge is 2.16. The quantitative estimate of drug-likeness (QED) is 0.723. The van der Waals surface area contributed by atoms with E-state index in [2.05, 4.69) is 20.3 Å². The Kier molecular flexibility index (Phi) is 5.39. The van der Waals surface area contributed by atoms with Crippen LogP contribution in [0.15, 0.2) is 36.1 Å². The first-order valence-electron chi connectivity index (χ1n) is 8.21. The molecule has 7 heteroatoms. The predicted octanol–water partition coefficient (Wildman–Crippen LogP) is 2.99. The molecule has 3 aromatic rings. The molecule has 1 amide bonds. The molecule has 0 fully saturated rings. The standard InChI is InChI=1S/C19H20N4O2S/c1-11-7-20-18(21-8-11)14-5-4-12(2)15(6-14)19(25)22-9-16(24)17-13(3)23-10-26-17/h4-8,10,16,24H,9H2,1-3H3,(H,22,25)/t16-/m1/s1. The summed E-state index contributed by atoms with van der Waals surface area (Å²) in [5.74, 6) is 0.336. The number of aliphatic hydroxyl groups excluding tert-OH is 1. The number of carbonyl (C=O) groups is 1. The smallest absolute Gasteiger partial charge is 0.251 e. The number of benzene rings is 1. The van der Waals surface area contributed by atoms with Crippen LogP contribution in [0.5, 0.6) is 0 Å². The molecular formula is C19H20N4O2S. The molecule has 6 nitrogen and oxygen atoms in total. The molecule has 1 atom stereocenters. The third-order valence-corrected chi connectivity index (χ3v) is 5.09. The first kappa shape index (κ1) is 18.2. The fraction of sp³-hybridized carbons (Fsp3) is 0.263. The van der Waals surface area contributed by atoms with E-state index in [0.717, 1.165) is 27.3 Å². The maximum atomic E-state index is 12.6. The van der Waals surface area contributed by atoms with Crippen LogP contribution in [-0.4, -0.2) is 32.5 Å². The van der Waals surface area contributed by atoms with Gasteiger partial charge in [0.15, 0.2) is 5.82 Å². The van der Waals surface area contributed by atoms with Crippen LogP contribution in [0.3, 0.4) is 0 Å². The number of hydrogen-bond acceptors (Lipinski definition) is 6. The first-order valence-corrected chi connectivity index (χ1v) is 9.09. The second-order valence-electron chi connectivity index (χ2n) is 6.14. The van der Waals surface area contributed by atoms with E-state index in [-0.39, 0.29) is 12.5 Å². The summed E-state index contributed by atoms with van der Waals surface area (Å²) in [7, 11) is 0. The molecular weight excluding hydrogens is 348 g/mol. The summed E-state index contributed by atoms with van der Waals surface area (Å²) in [5.41, 5.74) is 5.61. The number of rotatable bonds is 5. The Morgan fingerprint density at radius 1 is 1.19 bits per heavy atom. The van der Waals surface area contributed by atoms with Gasteiger partial charge in [-0.25, -0.2) is 15.0 Å². The fourth-order valence-corrected chi connectivity index (χ4v) is 3.34. The van der Waals surface area contributed by atoms with Crippen molar-refractivity contribution in [1.29, 1.82) is 0 Å². The van der Waals surface area contributed by atoms with Crippen LogP contribution in [0, 0.1) is 20.8 Å². The van der Waals surface area contributed by atoms with Crippen LogP contribution in [0.4, 0.5) is 0 Å². The molecule has 0 saturated carbocycles. The number of nitrogens with zero attached hydrogens (tertiary/aromatic N) is 3. The third kappa shape index (κ3) is 3.95. The maximum absolute atomic E-state index is 12.6. The van der Waals surface area contributed by atoms with Crippen LogP contribution >= 0.6 is 11.3 Å². The van der Waals surface area contributed by atoms with Gasteiger partial charge in [0, 0.05) is 30.1 Å². The van der Waals surface area contributed by atoms with Gasteiger partial charge >= 0.3 is 0 Å². The summed E-state index contributed by atoms with van der Waals surface area (Å²) in [6.07, 6.45) is 2.72. The van der Waals surface area contributed by atoms with Gasteiger partial charge in [0.1, 0.15) is 6.10 Å². The Hall–Kier alpha value is -2.64. The SMILES string of the molecule is Cc1cnc(-c2ccc(C)c(C(=O)NC[C@@H](O)c3scnc3C)c2)nc1. The van der Waals surface area contributed by atoms with Crippen LogP contribution in [0.2, 0.25) is 0 Å². The highest BCUT2D eigenvalue weighted by atomic mass is 32.1. The van der Waals surface area contributed by atoms with E-state index >= 15 is 0 Å². The van der Waals surface area contributed by atoms with E-state index in [1.54, 1.807) is 24.0 Å². The molecule has 134 valence electrons. The number of aryl methyl sites for hydroxylation is 3. The zero-order valence-corrected chi connectivity index (χ0v) is 15.7. The van der Waals surface area contributed by atoms with Crippen molar-refractivity contribution in [3.05, 3.63) is 63.4 Å². The molecule has 0 spiro atoms. The molecule has 0 aliphatic rings. The molecule has 2 N–H and O–H groups in total. The largest absolute Gasteiger partial charge is 0.386 e. The molecule has 2 heterocycles. The highest BCUT2D eigenvalue weighted by Crippen LogP contribution is 2.22. The van der Waals surface area contributed by atoms with E-state index in [1.807, 2.05) is 32.9 Å². The minimum atomic E-state index is -0.768. The van der Waals surface area contributed by atoms with Gasteiger partial charge in [-0.1, -0.05) is 12.1 Å². The second kappa shape index (κ2) is 7.72. The van der Waals surface area contributed by atoms with Gasteiger partial charge in [0.05, 0.1) is 16.1 Å². The van der Waals surface area contributed by atoms with E-state index < -0.39 is 6.10 Å². The summed E-state index contributed by atoms with van der Waals surface area (Å²) in [6.45, 7) is 5.77. The number of aromatic nitrogens is 3. The zero-order valence-electron chi connectivity index (χ0n) is 14.9. The Labute approximate surface area is 156 Å². The molecule has 0 unspecified atom stereocenters. The minimum Gasteiger partial charge on any atom is -0.386 e. The van der Waals surface area contributed by atoms with E-state index in [4.69, 9.17) is 0 Å². The van der Waals surface area contributed by atoms with Crippen LogP contribution in [0.25, 0.3) is 11.4 Å². The lowest BCUT2D eigenvalue weighted by Gasteiger charge is -2.13. The number of carbonyl (C=O) groups excluding carboxylic acids is 1. The van der Waals surface area contributed by atoms with Crippen molar-refractivity contribution < 1.29 is 9.90 Å². The molecule has 0 bridgehead atoms. The van der Waals surface area contributed by atoms with Crippen molar-refractivity contribution in [1.82, 2.24) is 20.3 Å². The molecule has 0 aliphatic heterocycles. The van der Waals surface area contributed by atoms with E-state index in [1.165, 1.54) is 11.3 Å². The second-order valence-corrected chi connectivity index (χ2v) is 7.03. The van der Waals surface area contributed by atoms with Crippen molar-refractivity contribution in [3.63, 3.8) is 0 Å². The Bertz CT molecular complexity index is 922. The van der Waals surface area contributed by atoms with Crippen LogP contribution in [0.1, 0.15) is 38.2 Å². The Balaban J connectivity index is 1.75. The lowest BCUT2D eigenvalue weighted by atomic mass is 10.0. The molecule has 2 aromatic heterocycles. The average Bonchev–Trinajstić information content (AvgIpc) is 3.06. The van der Waals surface area contributed by atoms with Crippen LogP contribution < -0.4 is 5.32 Å². The van der Waals surface area contributed by atoms with Crippen molar-refractivity contribution in [2.75, 3.05) is 6.54 Å². The molecule has 0 aliphatic carbocycles. The third-order valence-electron chi connectivity index (χ3n) is 4.06. The number of thiazole rings is 1. The van der Waals surface area contributed by atoms with E-state index in [0.29, 0.717) is 11.4 Å². The van der Waals surface area contributed by atoms with Crippen molar-refractivity contribution >= 4 is 17.2 Å². The summed E-state index contributed by atoms with van der Waals surface area (Å²) >= 11 is 1.38. The summed E-state index contributed by atoms with van der Waals surface area (Å²) in [6, 6.07) is 5.54. The average molecular weight is 368 g/mol. The highest BCUT2D eigenvalue weighted by molar-refractivity contribution is 7.09. The number of aliphatic hydroxyl groups is 1. The van der Waals surface area contributed by atoms with Gasteiger partial charge in [-0.3, -0.25) is 4.79 Å². The molecule has 1 aromatic carbocycles. The molecule has 0 saturated heterocycles. The lowest BCUT2D eigenvalue weighted by Crippen LogP contribution is -2.29. The van der Waals surface area contributed by atoms with E-state index in [9.17, 15) is 9.90 Å². The predicted molar refractivity (Wildman–Crippen MR) is 101 cm³/mol. The van der Waals surface area contributed by atoms with Gasteiger partial charge in [-0.2, -0.15) is 0 Å². The van der Waals surface area contributed by atoms with Crippen molar-refractivity contribution in [2.45, 2.75) is 26.9 Å². The normalized spacial score (nSPS) is 12.0. The van der Waals surface area contributed by atoms with Gasteiger partial charge in [0.25, 0.3) is 5.91 Å². The van der Waals surface area contributed by atoms with Gasteiger partial charge in [0.2, 0.25) is 0 Å². The number of hydrogen-bond donors (Lipinski definition) is 2. The molecule has 3 rings (SSSR count). The fourth-order valence-electron chi connectivity index (χ4n) is 2.56. The minimum absolute atomic E-state index is 0.132. The monoisotopic (exact) mass is 368 g/mol. The van der Waals surface area contributed by atoms with Gasteiger partial charge in [-0.05, 0) is 38.0 Å². The van der Waals surface area contributed by atoms with Gasteiger partial charge in [-0.15, -0.1) is 11.3 Å². The Morgan fingerprint density at radius 3 is 2.58 bits per heavy atom. The first-order chi connectivity index (χ1) is 12.5. The summed E-state index contributed by atoms with van der Waals surface area (Å²) in [4.78, 5) is 26.1. The number of nitrogens with one attached hydrogen (secondary N) is 1. The lowest BCUT2D eigenvalue weighted by molar-refractivity contribution is 0.0917. The zero-order chi connectivity index (χ0) is 18.7. The van der Waals surface area contributed by atoms with Gasteiger partial charge < -0.3 is 10.4 Å². The topological polar surface area (TPSA) is 88.0 Å². The van der Waals surface area contributed by atoms with Crippen molar-refractivity contribution in [2.24, 2.45) is 0 Å². The maximum Gasteiger partial charge on any atom is 0.251 e. The molecule has 0 radical (unpaired) electrons.